The molecule has 2 aliphatic heterocycles. The zero-order valence-electron chi connectivity index (χ0n) is 11.1. The third kappa shape index (κ3) is 3.05. The lowest BCUT2D eigenvalue weighted by molar-refractivity contribution is -0.150. The minimum atomic E-state index is -0.663. The lowest BCUT2D eigenvalue weighted by Crippen LogP contribution is -2.58. The van der Waals surface area contributed by atoms with Crippen molar-refractivity contribution in [3.63, 3.8) is 0 Å². The molecule has 0 saturated carbocycles. The molecule has 3 N–H and O–H groups in total. The maximum absolute atomic E-state index is 12.5. The van der Waals surface area contributed by atoms with Crippen molar-refractivity contribution in [2.75, 3.05) is 39.5 Å². The van der Waals surface area contributed by atoms with E-state index in [4.69, 9.17) is 15.2 Å². The molecule has 0 radical (unpaired) electrons. The van der Waals surface area contributed by atoms with E-state index in [1.165, 1.54) is 4.90 Å². The van der Waals surface area contributed by atoms with Crippen molar-refractivity contribution in [1.82, 2.24) is 10.2 Å². The second kappa shape index (κ2) is 6.31. The highest BCUT2D eigenvalue weighted by molar-refractivity contribution is 5.88. The first-order chi connectivity index (χ1) is 9.15. The molecule has 0 aromatic heterocycles. The lowest BCUT2D eigenvalue weighted by atomic mass is 10.0. The van der Waals surface area contributed by atoms with Gasteiger partial charge in [0.1, 0.15) is 6.04 Å². The molecule has 7 heteroatoms. The average Bonchev–Trinajstić information content (AvgIpc) is 2.86. The number of primary amides is 1. The molecule has 0 aromatic rings. The molecule has 2 aliphatic rings. The summed E-state index contributed by atoms with van der Waals surface area (Å²) in [5, 5.41) is 3.24. The summed E-state index contributed by atoms with van der Waals surface area (Å²) >= 11 is 0. The van der Waals surface area contributed by atoms with Crippen LogP contribution in [0.4, 0.5) is 0 Å². The maximum Gasteiger partial charge on any atom is 0.242 e. The second-order valence-corrected chi connectivity index (χ2v) is 4.83. The van der Waals surface area contributed by atoms with E-state index in [0.717, 1.165) is 6.54 Å². The van der Waals surface area contributed by atoms with E-state index in [1.807, 2.05) is 6.92 Å². The van der Waals surface area contributed by atoms with Crippen LogP contribution in [-0.2, 0) is 19.1 Å². The number of nitrogens with one attached hydrogen (secondary N) is 1. The first-order valence-corrected chi connectivity index (χ1v) is 6.63. The lowest BCUT2D eigenvalue weighted by Gasteiger charge is -2.36. The molecule has 19 heavy (non-hydrogen) atoms. The number of carbonyl (C=O) groups excluding carboxylic acids is 2. The highest BCUT2D eigenvalue weighted by atomic mass is 16.5. The van der Waals surface area contributed by atoms with Gasteiger partial charge in [0.05, 0.1) is 32.3 Å². The summed E-state index contributed by atoms with van der Waals surface area (Å²) in [6, 6.07) is -0.655. The quantitative estimate of drug-likeness (QED) is 0.637. The number of morpholine rings is 1. The molecule has 0 bridgehead atoms. The normalized spacial score (nSPS) is 31.4. The highest BCUT2D eigenvalue weighted by Crippen LogP contribution is 2.19. The van der Waals surface area contributed by atoms with Crippen molar-refractivity contribution in [2.45, 2.75) is 19.0 Å². The standard InChI is InChI=1S/C12H21N3O4/c1-2-14-9-6-19-5-8(9)12(17)15-3-4-18-7-10(15)11(13)16/h8-10,14H,2-7H2,1H3,(H2,13,16). The van der Waals surface area contributed by atoms with Crippen molar-refractivity contribution in [3.05, 3.63) is 0 Å². The van der Waals surface area contributed by atoms with Crippen LogP contribution in [0.1, 0.15) is 6.92 Å². The van der Waals surface area contributed by atoms with Gasteiger partial charge >= 0.3 is 0 Å². The predicted molar refractivity (Wildman–Crippen MR) is 67.3 cm³/mol. The van der Waals surface area contributed by atoms with E-state index in [2.05, 4.69) is 5.32 Å². The second-order valence-electron chi connectivity index (χ2n) is 4.83. The summed E-state index contributed by atoms with van der Waals surface area (Å²) in [5.74, 6) is -0.845. The average molecular weight is 271 g/mol. The Morgan fingerprint density at radius 2 is 2.11 bits per heavy atom. The van der Waals surface area contributed by atoms with E-state index in [1.54, 1.807) is 0 Å². The van der Waals surface area contributed by atoms with Crippen LogP contribution in [0.2, 0.25) is 0 Å². The number of likely N-dealkylation sites (N-methyl/N-ethyl adjacent to an activating group) is 1. The van der Waals surface area contributed by atoms with Gasteiger partial charge in [-0.05, 0) is 6.54 Å². The number of amides is 2. The van der Waals surface area contributed by atoms with Crippen molar-refractivity contribution in [1.29, 1.82) is 0 Å². The SMILES string of the molecule is CCNC1COCC1C(=O)N1CCOCC1C(N)=O. The minimum Gasteiger partial charge on any atom is -0.379 e. The molecule has 2 heterocycles. The van der Waals surface area contributed by atoms with E-state index in [-0.39, 0.29) is 24.5 Å². The molecule has 2 rings (SSSR count). The summed E-state index contributed by atoms with van der Waals surface area (Å²) < 4.78 is 10.6. The number of hydrogen-bond donors (Lipinski definition) is 2. The Balaban J connectivity index is 2.06. The fourth-order valence-electron chi connectivity index (χ4n) is 2.58. The van der Waals surface area contributed by atoms with Crippen LogP contribution in [0.3, 0.4) is 0 Å². The molecule has 0 aliphatic carbocycles. The molecule has 2 fully saturated rings. The number of nitrogens with zero attached hydrogens (tertiary/aromatic N) is 1. The third-order valence-electron chi connectivity index (χ3n) is 3.60. The molecular formula is C12H21N3O4. The number of hydrogen-bond acceptors (Lipinski definition) is 5. The molecular weight excluding hydrogens is 250 g/mol. The van der Waals surface area contributed by atoms with Gasteiger partial charge in [-0.2, -0.15) is 0 Å². The van der Waals surface area contributed by atoms with E-state index in [9.17, 15) is 9.59 Å². The van der Waals surface area contributed by atoms with Crippen LogP contribution < -0.4 is 11.1 Å². The van der Waals surface area contributed by atoms with Gasteiger partial charge < -0.3 is 25.4 Å². The van der Waals surface area contributed by atoms with Gasteiger partial charge in [0.15, 0.2) is 0 Å². The highest BCUT2D eigenvalue weighted by Gasteiger charge is 2.40. The number of ether oxygens (including phenoxy) is 2. The Morgan fingerprint density at radius 1 is 1.32 bits per heavy atom. The summed E-state index contributed by atoms with van der Waals surface area (Å²) in [7, 11) is 0. The summed E-state index contributed by atoms with van der Waals surface area (Å²) in [5.41, 5.74) is 5.33. The van der Waals surface area contributed by atoms with Crippen LogP contribution in [0.5, 0.6) is 0 Å². The Morgan fingerprint density at radius 3 is 2.79 bits per heavy atom. The van der Waals surface area contributed by atoms with Gasteiger partial charge in [-0.15, -0.1) is 0 Å². The number of nitrogens with two attached hydrogens (primary N) is 1. The Kier molecular flexibility index (Phi) is 4.73. The van der Waals surface area contributed by atoms with Gasteiger partial charge in [0, 0.05) is 12.6 Å². The van der Waals surface area contributed by atoms with E-state index < -0.39 is 11.9 Å². The summed E-state index contributed by atoms with van der Waals surface area (Å²) in [4.78, 5) is 25.5. The Hall–Kier alpha value is -1.18. The van der Waals surface area contributed by atoms with Gasteiger partial charge in [0.25, 0.3) is 0 Å². The minimum absolute atomic E-state index is 0.00821. The van der Waals surface area contributed by atoms with Gasteiger partial charge in [-0.3, -0.25) is 9.59 Å². The van der Waals surface area contributed by atoms with Gasteiger partial charge in [0.2, 0.25) is 11.8 Å². The predicted octanol–water partition coefficient (Wildman–Crippen LogP) is -1.68. The van der Waals surface area contributed by atoms with Crippen LogP contribution in [0.25, 0.3) is 0 Å². The molecule has 108 valence electrons. The summed E-state index contributed by atoms with van der Waals surface area (Å²) in [6.45, 7) is 4.70. The third-order valence-corrected chi connectivity index (χ3v) is 3.60. The maximum atomic E-state index is 12.5. The summed E-state index contributed by atoms with van der Waals surface area (Å²) in [6.07, 6.45) is 0. The molecule has 2 saturated heterocycles. The first-order valence-electron chi connectivity index (χ1n) is 6.63. The van der Waals surface area contributed by atoms with Gasteiger partial charge in [-0.25, -0.2) is 0 Å². The first kappa shape index (κ1) is 14.2. The fraction of sp³-hybridized carbons (Fsp3) is 0.833. The zero-order chi connectivity index (χ0) is 13.8. The molecule has 7 nitrogen and oxygen atoms in total. The van der Waals surface area contributed by atoms with Crippen LogP contribution in [0, 0.1) is 5.92 Å². The molecule has 0 spiro atoms. The molecule has 3 unspecified atom stereocenters. The molecule has 2 amide bonds. The van der Waals surface area contributed by atoms with Crippen molar-refractivity contribution < 1.29 is 19.1 Å². The van der Waals surface area contributed by atoms with Gasteiger partial charge in [-0.1, -0.05) is 6.92 Å². The zero-order valence-corrected chi connectivity index (χ0v) is 11.1. The number of rotatable bonds is 4. The molecule has 0 aromatic carbocycles. The molecule has 3 atom stereocenters. The number of carbonyl (C=O) groups is 2. The van der Waals surface area contributed by atoms with Crippen LogP contribution >= 0.6 is 0 Å². The van der Waals surface area contributed by atoms with Crippen molar-refractivity contribution in [3.8, 4) is 0 Å². The van der Waals surface area contributed by atoms with Crippen LogP contribution in [-0.4, -0.2) is 68.3 Å². The smallest absolute Gasteiger partial charge is 0.242 e. The Bertz CT molecular complexity index is 350. The van der Waals surface area contributed by atoms with Crippen molar-refractivity contribution >= 4 is 11.8 Å². The van der Waals surface area contributed by atoms with E-state index >= 15 is 0 Å². The van der Waals surface area contributed by atoms with E-state index in [0.29, 0.717) is 26.4 Å². The topological polar surface area (TPSA) is 93.9 Å². The van der Waals surface area contributed by atoms with Crippen molar-refractivity contribution in [2.24, 2.45) is 11.7 Å². The fourth-order valence-corrected chi connectivity index (χ4v) is 2.58. The monoisotopic (exact) mass is 271 g/mol. The largest absolute Gasteiger partial charge is 0.379 e. The Labute approximate surface area is 112 Å². The van der Waals surface area contributed by atoms with Crippen LogP contribution in [0.15, 0.2) is 0 Å².